The quantitative estimate of drug-likeness (QED) is 0.610. The molecule has 2 aromatic carbocycles. The minimum atomic E-state index is -0.361. The predicted molar refractivity (Wildman–Crippen MR) is 76.1 cm³/mol. The number of benzene rings is 2. The van der Waals surface area contributed by atoms with Crippen molar-refractivity contribution in [3.05, 3.63) is 60.2 Å². The van der Waals surface area contributed by atoms with Crippen LogP contribution in [-0.2, 0) is 14.7 Å². The van der Waals surface area contributed by atoms with Crippen molar-refractivity contribution in [1.29, 1.82) is 0 Å². The van der Waals surface area contributed by atoms with E-state index in [1.807, 2.05) is 24.3 Å². The van der Waals surface area contributed by atoms with Gasteiger partial charge in [0.15, 0.2) is 0 Å². The van der Waals surface area contributed by atoms with Gasteiger partial charge in [-0.2, -0.15) is 0 Å². The molecule has 0 saturated carbocycles. The summed E-state index contributed by atoms with van der Waals surface area (Å²) in [4.78, 5) is 11.3. The highest BCUT2D eigenvalue weighted by molar-refractivity contribution is 7.94. The summed E-state index contributed by atoms with van der Waals surface area (Å²) >= 11 is 1.15. The average Bonchev–Trinajstić information content (AvgIpc) is 2.38. The summed E-state index contributed by atoms with van der Waals surface area (Å²) < 4.78 is 5.03. The molecular weight excluding hydrogens is 244 g/mol. The molecule has 0 aliphatic heterocycles. The van der Waals surface area contributed by atoms with Crippen LogP contribution in [0.15, 0.2) is 54.6 Å². The van der Waals surface area contributed by atoms with Crippen LogP contribution in [0.4, 0.5) is 0 Å². The lowest BCUT2D eigenvalue weighted by atomic mass is 10.1. The van der Waals surface area contributed by atoms with Gasteiger partial charge in [-0.25, -0.2) is 4.79 Å². The third-order valence-electron chi connectivity index (χ3n) is 2.58. The standard InChI is InChI=1S/C15H14O2S/c1-11(2)15(16)17-18-10-13-8-5-7-12-6-3-4-9-14(12)13/h3-9H,1,10H2,2H3. The highest BCUT2D eigenvalue weighted by atomic mass is 32.2. The number of rotatable bonds is 4. The van der Waals surface area contributed by atoms with Crippen LogP contribution in [0.25, 0.3) is 10.8 Å². The topological polar surface area (TPSA) is 26.3 Å². The van der Waals surface area contributed by atoms with E-state index in [0.29, 0.717) is 11.3 Å². The Bertz CT molecular complexity index is 585. The second-order valence-electron chi connectivity index (χ2n) is 4.05. The molecule has 2 nitrogen and oxygen atoms in total. The van der Waals surface area contributed by atoms with Crippen LogP contribution in [0, 0.1) is 0 Å². The maximum atomic E-state index is 11.3. The van der Waals surface area contributed by atoms with Crippen LogP contribution in [0.2, 0.25) is 0 Å². The van der Waals surface area contributed by atoms with Gasteiger partial charge in [0.2, 0.25) is 0 Å². The van der Waals surface area contributed by atoms with Crippen LogP contribution < -0.4 is 0 Å². The molecule has 0 amide bonds. The van der Waals surface area contributed by atoms with E-state index in [2.05, 4.69) is 24.8 Å². The minimum Gasteiger partial charge on any atom is -0.388 e. The summed E-state index contributed by atoms with van der Waals surface area (Å²) in [6, 6.07) is 14.3. The first kappa shape index (κ1) is 12.7. The fourth-order valence-corrected chi connectivity index (χ4v) is 2.32. The summed E-state index contributed by atoms with van der Waals surface area (Å²) in [5.74, 6) is 0.278. The molecule has 0 spiro atoms. The van der Waals surface area contributed by atoms with E-state index in [1.165, 1.54) is 10.8 Å². The number of fused-ring (bicyclic) bond motifs is 1. The molecule has 0 heterocycles. The Hall–Kier alpha value is -1.74. The molecule has 92 valence electrons. The van der Waals surface area contributed by atoms with E-state index < -0.39 is 0 Å². The zero-order chi connectivity index (χ0) is 13.0. The zero-order valence-corrected chi connectivity index (χ0v) is 11.0. The normalized spacial score (nSPS) is 10.3. The number of carbonyl (C=O) groups is 1. The van der Waals surface area contributed by atoms with Gasteiger partial charge in [0.1, 0.15) is 0 Å². The minimum absolute atomic E-state index is 0.361. The highest BCUT2D eigenvalue weighted by Crippen LogP contribution is 2.23. The number of carbonyl (C=O) groups excluding carboxylic acids is 1. The fraction of sp³-hybridized carbons (Fsp3) is 0.133. The Morgan fingerprint density at radius 1 is 1.22 bits per heavy atom. The van der Waals surface area contributed by atoms with Gasteiger partial charge in [0, 0.05) is 5.57 Å². The van der Waals surface area contributed by atoms with Gasteiger partial charge >= 0.3 is 5.97 Å². The summed E-state index contributed by atoms with van der Waals surface area (Å²) in [6.07, 6.45) is 0. The van der Waals surface area contributed by atoms with Crippen LogP contribution in [-0.4, -0.2) is 5.97 Å². The van der Waals surface area contributed by atoms with Gasteiger partial charge in [-0.3, -0.25) is 0 Å². The maximum absolute atomic E-state index is 11.3. The smallest absolute Gasteiger partial charge is 0.345 e. The summed E-state index contributed by atoms with van der Waals surface area (Å²) in [7, 11) is 0. The second kappa shape index (κ2) is 5.74. The van der Waals surface area contributed by atoms with E-state index in [0.717, 1.165) is 17.6 Å². The fourth-order valence-electron chi connectivity index (χ4n) is 1.64. The monoisotopic (exact) mass is 258 g/mol. The van der Waals surface area contributed by atoms with Crippen LogP contribution in [0.5, 0.6) is 0 Å². The molecule has 0 unspecified atom stereocenters. The van der Waals surface area contributed by atoms with Crippen molar-refractivity contribution in [3.8, 4) is 0 Å². The summed E-state index contributed by atoms with van der Waals surface area (Å²) in [6.45, 7) is 5.18. The molecular formula is C15H14O2S. The molecule has 0 aliphatic carbocycles. The Balaban J connectivity index is 2.08. The molecule has 0 fully saturated rings. The summed E-state index contributed by atoms with van der Waals surface area (Å²) in [5.41, 5.74) is 1.58. The molecule has 0 N–H and O–H groups in total. The molecule has 0 saturated heterocycles. The van der Waals surface area contributed by atoms with Crippen molar-refractivity contribution < 1.29 is 8.98 Å². The number of hydrogen-bond acceptors (Lipinski definition) is 3. The van der Waals surface area contributed by atoms with Crippen molar-refractivity contribution in [3.63, 3.8) is 0 Å². The largest absolute Gasteiger partial charge is 0.388 e. The molecule has 0 bridgehead atoms. The van der Waals surface area contributed by atoms with E-state index in [9.17, 15) is 4.79 Å². The first-order chi connectivity index (χ1) is 8.68. The first-order valence-corrected chi connectivity index (χ1v) is 6.55. The third-order valence-corrected chi connectivity index (χ3v) is 3.28. The Labute approximate surface area is 111 Å². The molecule has 0 radical (unpaired) electrons. The summed E-state index contributed by atoms with van der Waals surface area (Å²) in [5, 5.41) is 2.39. The molecule has 2 aromatic rings. The van der Waals surface area contributed by atoms with E-state index >= 15 is 0 Å². The van der Waals surface area contributed by atoms with Gasteiger partial charge < -0.3 is 4.18 Å². The molecule has 18 heavy (non-hydrogen) atoms. The Morgan fingerprint density at radius 3 is 2.72 bits per heavy atom. The second-order valence-corrected chi connectivity index (χ2v) is 4.74. The van der Waals surface area contributed by atoms with Crippen LogP contribution in [0.1, 0.15) is 12.5 Å². The Kier molecular flexibility index (Phi) is 4.05. The third kappa shape index (κ3) is 2.93. The van der Waals surface area contributed by atoms with E-state index in [-0.39, 0.29) is 5.97 Å². The van der Waals surface area contributed by atoms with Crippen LogP contribution in [0.3, 0.4) is 0 Å². The molecule has 0 atom stereocenters. The lowest BCUT2D eigenvalue weighted by Gasteiger charge is -2.06. The van der Waals surface area contributed by atoms with Crippen LogP contribution >= 0.6 is 12.0 Å². The molecule has 3 heteroatoms. The van der Waals surface area contributed by atoms with Crippen molar-refractivity contribution in [2.24, 2.45) is 0 Å². The van der Waals surface area contributed by atoms with Gasteiger partial charge in [-0.15, -0.1) is 0 Å². The van der Waals surface area contributed by atoms with Gasteiger partial charge in [0.05, 0.1) is 17.8 Å². The number of hydrogen-bond donors (Lipinski definition) is 0. The zero-order valence-electron chi connectivity index (χ0n) is 10.2. The molecule has 0 aromatic heterocycles. The van der Waals surface area contributed by atoms with Gasteiger partial charge in [0.25, 0.3) is 0 Å². The SMILES string of the molecule is C=C(C)C(=O)OSCc1cccc2ccccc12. The lowest BCUT2D eigenvalue weighted by Crippen LogP contribution is -1.99. The highest BCUT2D eigenvalue weighted by Gasteiger charge is 2.05. The van der Waals surface area contributed by atoms with E-state index in [4.69, 9.17) is 4.18 Å². The van der Waals surface area contributed by atoms with Crippen molar-refractivity contribution >= 4 is 28.8 Å². The first-order valence-electron chi connectivity index (χ1n) is 5.64. The van der Waals surface area contributed by atoms with Crippen molar-refractivity contribution in [1.82, 2.24) is 0 Å². The van der Waals surface area contributed by atoms with Gasteiger partial charge in [-0.1, -0.05) is 49.0 Å². The molecule has 0 aliphatic rings. The van der Waals surface area contributed by atoms with E-state index in [1.54, 1.807) is 6.92 Å². The predicted octanol–water partition coefficient (Wildman–Crippen LogP) is 4.11. The average molecular weight is 258 g/mol. The maximum Gasteiger partial charge on any atom is 0.345 e. The van der Waals surface area contributed by atoms with Crippen molar-refractivity contribution in [2.45, 2.75) is 12.7 Å². The van der Waals surface area contributed by atoms with Crippen molar-refractivity contribution in [2.75, 3.05) is 0 Å². The Morgan fingerprint density at radius 2 is 1.94 bits per heavy atom. The van der Waals surface area contributed by atoms with Gasteiger partial charge in [-0.05, 0) is 23.3 Å². The molecule has 2 rings (SSSR count). The lowest BCUT2D eigenvalue weighted by molar-refractivity contribution is -0.128.